The van der Waals surface area contributed by atoms with Gasteiger partial charge in [0, 0.05) is 15.2 Å². The van der Waals surface area contributed by atoms with Gasteiger partial charge in [-0.15, -0.1) is 0 Å². The quantitative estimate of drug-likeness (QED) is 0.0639. The molecule has 0 saturated heterocycles. The average molecular weight is 725 g/mol. The zero-order valence-corrected chi connectivity index (χ0v) is 29.0. The van der Waals surface area contributed by atoms with Crippen LogP contribution in [0, 0.1) is 33.2 Å². The molecule has 0 aromatic heterocycles. The molecule has 0 spiro atoms. The number of esters is 2. The van der Waals surface area contributed by atoms with Crippen LogP contribution in [0.1, 0.15) is 113 Å². The summed E-state index contributed by atoms with van der Waals surface area (Å²) in [5, 5.41) is 0. The Balaban J connectivity index is 1.30. The van der Waals surface area contributed by atoms with Crippen LogP contribution in [0.3, 0.4) is 0 Å². The lowest BCUT2D eigenvalue weighted by molar-refractivity contribution is -0.137. The Hall–Kier alpha value is -2.79. The summed E-state index contributed by atoms with van der Waals surface area (Å²) in [5.74, 6) is 9.22. The van der Waals surface area contributed by atoms with E-state index in [0.717, 1.165) is 74.5 Å². The number of carbonyl (C=O) groups is 2. The van der Waals surface area contributed by atoms with Gasteiger partial charge in [0.25, 0.3) is 0 Å². The first-order chi connectivity index (χ1) is 21.9. The average Bonchev–Trinajstić information content (AvgIpc) is 3.07. The predicted octanol–water partition coefficient (Wildman–Crippen LogP) is 9.70. The molecule has 2 aromatic carbocycles. The van der Waals surface area contributed by atoms with Crippen molar-refractivity contribution in [2.24, 2.45) is 17.8 Å². The summed E-state index contributed by atoms with van der Waals surface area (Å²) in [7, 11) is 0. The monoisotopic (exact) mass is 724 g/mol. The fraction of sp³-hybridized carbons (Fsp3) is 0.538. The molecule has 2 fully saturated rings. The number of carbonyl (C=O) groups excluding carboxylic acids is 2. The van der Waals surface area contributed by atoms with Crippen molar-refractivity contribution in [2.75, 3.05) is 13.2 Å². The fourth-order valence-corrected chi connectivity index (χ4v) is 7.17. The van der Waals surface area contributed by atoms with Crippen LogP contribution in [0.25, 0.3) is 0 Å². The SMILES string of the molecule is C=CC(=O)OCCCCCCOc1ccc(C(=O)OC2(C#Cc3ccc(I)cc3)CCC(C3CCC(CCC)CC3)CC2)cc1. The summed E-state index contributed by atoms with van der Waals surface area (Å²) in [6.07, 6.45) is 16.7. The molecule has 2 aromatic rings. The van der Waals surface area contributed by atoms with E-state index in [9.17, 15) is 9.59 Å². The van der Waals surface area contributed by atoms with Crippen LogP contribution in [0.4, 0.5) is 0 Å². The molecule has 2 saturated carbocycles. The first-order valence-corrected chi connectivity index (χ1v) is 18.0. The normalized spacial score (nSPS) is 22.8. The van der Waals surface area contributed by atoms with Crippen LogP contribution in [0.2, 0.25) is 0 Å². The van der Waals surface area contributed by atoms with Crippen molar-refractivity contribution in [3.63, 3.8) is 0 Å². The largest absolute Gasteiger partial charge is 0.494 e. The van der Waals surface area contributed by atoms with E-state index in [0.29, 0.717) is 24.7 Å². The number of benzene rings is 2. The molecule has 0 N–H and O–H groups in total. The summed E-state index contributed by atoms with van der Waals surface area (Å²) < 4.78 is 18.4. The van der Waals surface area contributed by atoms with Crippen LogP contribution in [-0.2, 0) is 14.3 Å². The minimum absolute atomic E-state index is 0.325. The second-order valence-corrected chi connectivity index (χ2v) is 14.0. The minimum atomic E-state index is -0.769. The van der Waals surface area contributed by atoms with Crippen LogP contribution < -0.4 is 4.74 Å². The molecule has 0 bridgehead atoms. The molecule has 5 nitrogen and oxygen atoms in total. The van der Waals surface area contributed by atoms with Crippen molar-refractivity contribution < 1.29 is 23.8 Å². The van der Waals surface area contributed by atoms with E-state index in [1.54, 1.807) is 12.1 Å². The maximum atomic E-state index is 13.4. The molecule has 0 amide bonds. The molecule has 45 heavy (non-hydrogen) atoms. The third-order valence-corrected chi connectivity index (χ3v) is 10.2. The van der Waals surface area contributed by atoms with E-state index in [1.165, 1.54) is 48.2 Å². The summed E-state index contributed by atoms with van der Waals surface area (Å²) in [6.45, 7) is 6.70. The van der Waals surface area contributed by atoms with Gasteiger partial charge in [-0.05, 0) is 159 Å². The highest BCUT2D eigenvalue weighted by molar-refractivity contribution is 14.1. The summed E-state index contributed by atoms with van der Waals surface area (Å²) in [4.78, 5) is 24.5. The van der Waals surface area contributed by atoms with E-state index in [1.807, 2.05) is 24.3 Å². The predicted molar refractivity (Wildman–Crippen MR) is 188 cm³/mol. The van der Waals surface area contributed by atoms with Crippen LogP contribution in [0.5, 0.6) is 5.75 Å². The molecule has 0 radical (unpaired) electrons. The van der Waals surface area contributed by atoms with E-state index >= 15 is 0 Å². The second-order valence-electron chi connectivity index (χ2n) is 12.7. The molecule has 4 rings (SSSR count). The minimum Gasteiger partial charge on any atom is -0.494 e. The zero-order chi connectivity index (χ0) is 31.9. The smallest absolute Gasteiger partial charge is 0.339 e. The van der Waals surface area contributed by atoms with E-state index in [4.69, 9.17) is 14.2 Å². The summed E-state index contributed by atoms with van der Waals surface area (Å²) >= 11 is 2.30. The van der Waals surface area contributed by atoms with Crippen LogP contribution >= 0.6 is 22.6 Å². The number of ether oxygens (including phenoxy) is 3. The molecular weight excluding hydrogens is 675 g/mol. The summed E-state index contributed by atoms with van der Waals surface area (Å²) in [6, 6.07) is 15.4. The maximum Gasteiger partial charge on any atom is 0.339 e. The Kier molecular flexibility index (Phi) is 14.3. The molecule has 242 valence electrons. The fourth-order valence-electron chi connectivity index (χ4n) is 6.81. The van der Waals surface area contributed by atoms with E-state index in [2.05, 4.69) is 60.1 Å². The first kappa shape index (κ1) is 35.1. The highest BCUT2D eigenvalue weighted by atomic mass is 127. The highest BCUT2D eigenvalue weighted by Gasteiger charge is 2.40. The van der Waals surface area contributed by atoms with Gasteiger partial charge < -0.3 is 14.2 Å². The van der Waals surface area contributed by atoms with Gasteiger partial charge in [-0.25, -0.2) is 9.59 Å². The number of hydrogen-bond donors (Lipinski definition) is 0. The third kappa shape index (κ3) is 11.5. The van der Waals surface area contributed by atoms with Gasteiger partial charge >= 0.3 is 11.9 Å². The molecule has 0 aliphatic heterocycles. The Bertz CT molecular complexity index is 1270. The lowest BCUT2D eigenvalue weighted by Gasteiger charge is -2.41. The second kappa shape index (κ2) is 18.4. The zero-order valence-electron chi connectivity index (χ0n) is 26.9. The maximum absolute atomic E-state index is 13.4. The van der Waals surface area contributed by atoms with Gasteiger partial charge in [0.05, 0.1) is 18.8 Å². The van der Waals surface area contributed by atoms with Gasteiger partial charge in [0.1, 0.15) is 5.75 Å². The first-order valence-electron chi connectivity index (χ1n) is 16.9. The Labute approximate surface area is 284 Å². The third-order valence-electron chi connectivity index (χ3n) is 9.47. The van der Waals surface area contributed by atoms with Gasteiger partial charge in [0.15, 0.2) is 5.60 Å². The number of halogens is 1. The molecule has 6 heteroatoms. The van der Waals surface area contributed by atoms with Crippen molar-refractivity contribution in [1.82, 2.24) is 0 Å². The molecule has 0 heterocycles. The molecule has 0 unspecified atom stereocenters. The van der Waals surface area contributed by atoms with E-state index < -0.39 is 5.60 Å². The molecule has 0 atom stereocenters. The molecule has 2 aliphatic carbocycles. The van der Waals surface area contributed by atoms with Gasteiger partial charge in [-0.2, -0.15) is 0 Å². The molecular formula is C39H49IO5. The highest BCUT2D eigenvalue weighted by Crippen LogP contribution is 2.44. The van der Waals surface area contributed by atoms with Crippen molar-refractivity contribution in [2.45, 2.75) is 102 Å². The summed E-state index contributed by atoms with van der Waals surface area (Å²) in [5.41, 5.74) is 0.693. The van der Waals surface area contributed by atoms with Crippen LogP contribution in [0.15, 0.2) is 61.2 Å². The molecule has 2 aliphatic rings. The number of hydrogen-bond acceptors (Lipinski definition) is 5. The van der Waals surface area contributed by atoms with Crippen molar-refractivity contribution in [1.29, 1.82) is 0 Å². The van der Waals surface area contributed by atoms with Gasteiger partial charge in [-0.1, -0.05) is 45.1 Å². The topological polar surface area (TPSA) is 61.8 Å². The number of unbranched alkanes of at least 4 members (excludes halogenated alkanes) is 3. The van der Waals surface area contributed by atoms with Crippen LogP contribution in [-0.4, -0.2) is 30.8 Å². The Morgan fingerprint density at radius 1 is 0.889 bits per heavy atom. The number of rotatable bonds is 14. The van der Waals surface area contributed by atoms with Gasteiger partial charge in [0.2, 0.25) is 0 Å². The van der Waals surface area contributed by atoms with Crippen molar-refractivity contribution in [3.8, 4) is 17.6 Å². The lowest BCUT2D eigenvalue weighted by atomic mass is 9.67. The Morgan fingerprint density at radius 2 is 1.53 bits per heavy atom. The van der Waals surface area contributed by atoms with Gasteiger partial charge in [-0.3, -0.25) is 0 Å². The van der Waals surface area contributed by atoms with E-state index in [-0.39, 0.29) is 11.9 Å². The van der Waals surface area contributed by atoms with Crippen molar-refractivity contribution >= 4 is 34.5 Å². The standard InChI is InChI=1S/C39H49IO5/c1-3-9-30-10-14-32(15-11-30)33-23-26-39(27-24-33,25-22-31-12-18-35(40)19-13-31)45-38(42)34-16-20-36(21-17-34)43-28-7-5-6-8-29-44-37(41)4-2/h4,12-13,16-21,30,32-33H,2-3,5-11,14-15,23-24,26-29H2,1H3. The van der Waals surface area contributed by atoms with Crippen molar-refractivity contribution in [3.05, 3.63) is 75.9 Å². The lowest BCUT2D eigenvalue weighted by Crippen LogP contribution is -2.39. The Morgan fingerprint density at radius 3 is 2.18 bits per heavy atom.